The number of hydrogen-bond donors (Lipinski definition) is 3. The minimum absolute atomic E-state index is 0.0722. The van der Waals surface area contributed by atoms with Gasteiger partial charge >= 0.3 is 0 Å². The summed E-state index contributed by atoms with van der Waals surface area (Å²) in [5.41, 5.74) is 6.41. The first-order valence-electron chi connectivity index (χ1n) is 8.96. The molecular weight excluding hydrogens is 318 g/mol. The molecule has 1 aliphatic heterocycles. The van der Waals surface area contributed by atoms with Crippen LogP contribution in [-0.2, 0) is 4.79 Å². The maximum atomic E-state index is 12.3. The highest BCUT2D eigenvalue weighted by Gasteiger charge is 2.17. The van der Waals surface area contributed by atoms with E-state index in [2.05, 4.69) is 27.4 Å². The fourth-order valence-electron chi connectivity index (χ4n) is 2.87. The van der Waals surface area contributed by atoms with Gasteiger partial charge in [-0.2, -0.15) is 0 Å². The van der Waals surface area contributed by atoms with Crippen LogP contribution in [0.2, 0.25) is 0 Å². The first kappa shape index (κ1) is 19.4. The van der Waals surface area contributed by atoms with Crippen LogP contribution in [0.4, 0.5) is 5.69 Å². The second-order valence-electron chi connectivity index (χ2n) is 6.16. The SMILES string of the molecule is CCN1CCN(CCC(=O)Nc2ccccc2C(=O)NCCN)CC1. The Hall–Kier alpha value is -1.96. The third kappa shape index (κ3) is 6.12. The summed E-state index contributed by atoms with van der Waals surface area (Å²) in [6.45, 7) is 8.89. The van der Waals surface area contributed by atoms with Gasteiger partial charge in [-0.25, -0.2) is 0 Å². The first-order chi connectivity index (χ1) is 12.1. The Labute approximate surface area is 149 Å². The van der Waals surface area contributed by atoms with E-state index in [1.165, 1.54) is 0 Å². The number of carbonyl (C=O) groups excluding carboxylic acids is 2. The highest BCUT2D eigenvalue weighted by atomic mass is 16.2. The molecule has 1 aromatic rings. The number of amides is 2. The standard InChI is InChI=1S/C18H29N5O2/c1-2-22-11-13-23(14-12-22)10-7-17(24)21-16-6-4-3-5-15(16)18(25)20-9-8-19/h3-6H,2,7-14,19H2,1H3,(H,20,25)(H,21,24). The highest BCUT2D eigenvalue weighted by Crippen LogP contribution is 2.15. The molecule has 138 valence electrons. The van der Waals surface area contributed by atoms with Crippen molar-refractivity contribution in [3.8, 4) is 0 Å². The summed E-state index contributed by atoms with van der Waals surface area (Å²) < 4.78 is 0. The lowest BCUT2D eigenvalue weighted by Crippen LogP contribution is -2.46. The Morgan fingerprint density at radius 3 is 2.48 bits per heavy atom. The average Bonchev–Trinajstić information content (AvgIpc) is 2.65. The van der Waals surface area contributed by atoms with Crippen molar-refractivity contribution in [2.24, 2.45) is 5.73 Å². The lowest BCUT2D eigenvalue weighted by atomic mass is 10.1. The molecule has 0 unspecified atom stereocenters. The predicted octanol–water partition coefficient (Wildman–Crippen LogP) is 0.341. The van der Waals surface area contributed by atoms with Gasteiger partial charge in [-0.3, -0.25) is 9.59 Å². The number of nitrogens with one attached hydrogen (secondary N) is 2. The molecule has 2 rings (SSSR count). The number of hydrogen-bond acceptors (Lipinski definition) is 5. The number of anilines is 1. The van der Waals surface area contributed by atoms with Crippen molar-refractivity contribution in [1.82, 2.24) is 15.1 Å². The summed E-state index contributed by atoms with van der Waals surface area (Å²) in [4.78, 5) is 29.1. The van der Waals surface area contributed by atoms with E-state index in [9.17, 15) is 9.59 Å². The van der Waals surface area contributed by atoms with Gasteiger partial charge in [0.1, 0.15) is 0 Å². The number of likely N-dealkylation sites (N-methyl/N-ethyl adjacent to an activating group) is 1. The third-order valence-corrected chi connectivity index (χ3v) is 4.44. The minimum atomic E-state index is -0.225. The van der Waals surface area contributed by atoms with E-state index in [-0.39, 0.29) is 11.8 Å². The van der Waals surface area contributed by atoms with Crippen LogP contribution in [0.1, 0.15) is 23.7 Å². The summed E-state index contributed by atoms with van der Waals surface area (Å²) in [6, 6.07) is 7.03. The Kier molecular flexibility index (Phi) is 7.84. The molecule has 7 nitrogen and oxygen atoms in total. The van der Waals surface area contributed by atoms with Gasteiger partial charge in [-0.15, -0.1) is 0 Å². The monoisotopic (exact) mass is 347 g/mol. The van der Waals surface area contributed by atoms with Crippen molar-refractivity contribution in [2.75, 3.05) is 57.7 Å². The zero-order valence-corrected chi connectivity index (χ0v) is 15.0. The molecule has 4 N–H and O–H groups in total. The molecule has 1 aliphatic rings. The van der Waals surface area contributed by atoms with Gasteiger partial charge in [-0.1, -0.05) is 19.1 Å². The summed E-state index contributed by atoms with van der Waals surface area (Å²) in [6.07, 6.45) is 0.422. The zero-order valence-electron chi connectivity index (χ0n) is 15.0. The van der Waals surface area contributed by atoms with Crippen LogP contribution in [0.25, 0.3) is 0 Å². The van der Waals surface area contributed by atoms with Crippen molar-refractivity contribution in [3.05, 3.63) is 29.8 Å². The molecule has 0 bridgehead atoms. The molecule has 1 saturated heterocycles. The van der Waals surface area contributed by atoms with Gasteiger partial charge in [-0.05, 0) is 18.7 Å². The maximum absolute atomic E-state index is 12.3. The molecule has 2 amide bonds. The largest absolute Gasteiger partial charge is 0.351 e. The van der Waals surface area contributed by atoms with E-state index in [0.29, 0.717) is 30.8 Å². The molecule has 0 radical (unpaired) electrons. The third-order valence-electron chi connectivity index (χ3n) is 4.44. The Balaban J connectivity index is 1.83. The number of piperazine rings is 1. The van der Waals surface area contributed by atoms with E-state index in [1.54, 1.807) is 24.3 Å². The second kappa shape index (κ2) is 10.1. The molecular formula is C18H29N5O2. The number of carbonyl (C=O) groups is 2. The lowest BCUT2D eigenvalue weighted by molar-refractivity contribution is -0.116. The smallest absolute Gasteiger partial charge is 0.253 e. The zero-order chi connectivity index (χ0) is 18.1. The van der Waals surface area contributed by atoms with Gasteiger partial charge in [0.05, 0.1) is 11.3 Å². The Morgan fingerprint density at radius 2 is 1.80 bits per heavy atom. The van der Waals surface area contributed by atoms with E-state index in [4.69, 9.17) is 5.73 Å². The minimum Gasteiger partial charge on any atom is -0.351 e. The number of benzene rings is 1. The van der Waals surface area contributed by atoms with Gasteiger partial charge in [0, 0.05) is 52.2 Å². The number of rotatable bonds is 8. The van der Waals surface area contributed by atoms with Crippen LogP contribution in [0.5, 0.6) is 0 Å². The van der Waals surface area contributed by atoms with Crippen LogP contribution in [0.3, 0.4) is 0 Å². The summed E-state index contributed by atoms with van der Waals surface area (Å²) in [5.74, 6) is -0.297. The van der Waals surface area contributed by atoms with Crippen molar-refractivity contribution in [2.45, 2.75) is 13.3 Å². The van der Waals surface area contributed by atoms with Gasteiger partial charge in [0.2, 0.25) is 5.91 Å². The van der Waals surface area contributed by atoms with Crippen LogP contribution in [0.15, 0.2) is 24.3 Å². The van der Waals surface area contributed by atoms with Crippen LogP contribution in [-0.4, -0.2) is 74.0 Å². The predicted molar refractivity (Wildman–Crippen MR) is 99.6 cm³/mol. The molecule has 0 aliphatic carbocycles. The van der Waals surface area contributed by atoms with Crippen LogP contribution >= 0.6 is 0 Å². The van der Waals surface area contributed by atoms with E-state index in [0.717, 1.165) is 39.3 Å². The van der Waals surface area contributed by atoms with E-state index < -0.39 is 0 Å². The molecule has 1 aromatic carbocycles. The van der Waals surface area contributed by atoms with E-state index >= 15 is 0 Å². The average molecular weight is 347 g/mol. The second-order valence-corrected chi connectivity index (χ2v) is 6.16. The molecule has 0 saturated carbocycles. The first-order valence-corrected chi connectivity index (χ1v) is 8.96. The van der Waals surface area contributed by atoms with Crippen LogP contribution < -0.4 is 16.4 Å². The fourth-order valence-corrected chi connectivity index (χ4v) is 2.87. The molecule has 25 heavy (non-hydrogen) atoms. The van der Waals surface area contributed by atoms with Crippen LogP contribution in [0, 0.1) is 0 Å². The Bertz CT molecular complexity index is 570. The molecule has 0 atom stereocenters. The molecule has 0 aromatic heterocycles. The topological polar surface area (TPSA) is 90.7 Å². The molecule has 7 heteroatoms. The molecule has 1 heterocycles. The van der Waals surface area contributed by atoms with Gasteiger partial charge in [0.25, 0.3) is 5.91 Å². The molecule has 0 spiro atoms. The van der Waals surface area contributed by atoms with E-state index in [1.807, 2.05) is 0 Å². The maximum Gasteiger partial charge on any atom is 0.253 e. The van der Waals surface area contributed by atoms with Crippen molar-refractivity contribution in [3.63, 3.8) is 0 Å². The highest BCUT2D eigenvalue weighted by molar-refractivity contribution is 6.03. The van der Waals surface area contributed by atoms with Gasteiger partial charge < -0.3 is 26.2 Å². The number of nitrogens with two attached hydrogens (primary N) is 1. The van der Waals surface area contributed by atoms with Gasteiger partial charge in [0.15, 0.2) is 0 Å². The van der Waals surface area contributed by atoms with Crippen molar-refractivity contribution < 1.29 is 9.59 Å². The number of para-hydroxylation sites is 1. The van der Waals surface area contributed by atoms with Crippen molar-refractivity contribution in [1.29, 1.82) is 0 Å². The summed E-state index contributed by atoms with van der Waals surface area (Å²) in [5, 5.41) is 5.59. The summed E-state index contributed by atoms with van der Waals surface area (Å²) in [7, 11) is 0. The van der Waals surface area contributed by atoms with Crippen molar-refractivity contribution >= 4 is 17.5 Å². The summed E-state index contributed by atoms with van der Waals surface area (Å²) >= 11 is 0. The lowest BCUT2D eigenvalue weighted by Gasteiger charge is -2.33. The Morgan fingerprint density at radius 1 is 1.12 bits per heavy atom. The number of nitrogens with zero attached hydrogens (tertiary/aromatic N) is 2. The molecule has 1 fully saturated rings. The quantitative estimate of drug-likeness (QED) is 0.631. The fraction of sp³-hybridized carbons (Fsp3) is 0.556. The normalized spacial score (nSPS) is 15.8.